The number of benzene rings is 1. The number of hydrogen-bond donors (Lipinski definition) is 2. The van der Waals surface area contributed by atoms with Crippen LogP contribution in [0.4, 0.5) is 24.7 Å². The molecule has 1 aromatic heterocycles. The zero-order valence-electron chi connectivity index (χ0n) is 18.4. The van der Waals surface area contributed by atoms with Gasteiger partial charge in [-0.25, -0.2) is 13.2 Å². The smallest absolute Gasteiger partial charge is 0.365 e. The van der Waals surface area contributed by atoms with Crippen molar-refractivity contribution in [2.24, 2.45) is 5.73 Å². The minimum Gasteiger partial charge on any atom is -0.365 e. The Morgan fingerprint density at radius 2 is 1.86 bits per heavy atom. The van der Waals surface area contributed by atoms with E-state index in [1.54, 1.807) is 0 Å². The van der Waals surface area contributed by atoms with Crippen molar-refractivity contribution in [2.75, 3.05) is 24.7 Å². The van der Waals surface area contributed by atoms with Crippen molar-refractivity contribution in [3.05, 3.63) is 36.0 Å². The molecule has 1 amide bonds. The molecule has 3 rings (SSSR count). The predicted molar refractivity (Wildman–Crippen MR) is 115 cm³/mol. The Morgan fingerprint density at radius 3 is 2.34 bits per heavy atom. The standard InChI is InChI=1S/C20H21F3N6O5S/c1-35(32,33)14-4-2-13(3-5-14)26-17-15(16(25)30)12-29(27-17)19(6-9-24)7-10-28(11-8-19)34-18(31)20(21,22)23/h2-5,12H,6-8,10-11H2,1H3,(H2,25,30)(H,26,27). The second-order valence-electron chi connectivity index (χ2n) is 7.99. The number of piperidine rings is 1. The number of nitrogens with zero attached hydrogens (tertiary/aromatic N) is 4. The van der Waals surface area contributed by atoms with Crippen LogP contribution in [-0.2, 0) is 25.0 Å². The summed E-state index contributed by atoms with van der Waals surface area (Å²) in [5.41, 5.74) is 4.88. The van der Waals surface area contributed by atoms with Gasteiger partial charge >= 0.3 is 12.1 Å². The number of sulfone groups is 1. The summed E-state index contributed by atoms with van der Waals surface area (Å²) in [6.45, 7) is -0.212. The molecule has 2 aromatic rings. The third kappa shape index (κ3) is 5.89. The van der Waals surface area contributed by atoms with E-state index >= 15 is 0 Å². The Labute approximate surface area is 198 Å². The first-order chi connectivity index (χ1) is 16.2. The van der Waals surface area contributed by atoms with Gasteiger partial charge in [0.25, 0.3) is 5.91 Å². The number of alkyl halides is 3. The summed E-state index contributed by atoms with van der Waals surface area (Å²) in [5.74, 6) is -3.11. The Bertz CT molecular complexity index is 1260. The number of carbonyl (C=O) groups is 2. The number of anilines is 2. The number of nitriles is 1. The van der Waals surface area contributed by atoms with Gasteiger partial charge in [0.2, 0.25) is 0 Å². The monoisotopic (exact) mass is 514 g/mol. The summed E-state index contributed by atoms with van der Waals surface area (Å²) < 4.78 is 62.1. The quantitative estimate of drug-likeness (QED) is 0.562. The van der Waals surface area contributed by atoms with Crippen LogP contribution in [0.3, 0.4) is 0 Å². The van der Waals surface area contributed by atoms with E-state index in [1.165, 1.54) is 35.1 Å². The van der Waals surface area contributed by atoms with Gasteiger partial charge in [0.15, 0.2) is 15.7 Å². The Kier molecular flexibility index (Phi) is 7.08. The average Bonchev–Trinajstić information content (AvgIpc) is 3.19. The van der Waals surface area contributed by atoms with E-state index in [4.69, 9.17) is 5.73 Å². The lowest BCUT2D eigenvalue weighted by molar-refractivity contribution is -0.244. The molecule has 1 aliphatic rings. The molecule has 0 unspecified atom stereocenters. The highest BCUT2D eigenvalue weighted by atomic mass is 32.2. The highest BCUT2D eigenvalue weighted by Gasteiger charge is 2.45. The molecule has 1 aliphatic heterocycles. The molecule has 0 atom stereocenters. The second kappa shape index (κ2) is 9.55. The van der Waals surface area contributed by atoms with Gasteiger partial charge in [-0.3, -0.25) is 9.48 Å². The van der Waals surface area contributed by atoms with E-state index in [9.17, 15) is 36.4 Å². The molecule has 1 aromatic carbocycles. The maximum Gasteiger partial charge on any atom is 0.492 e. The lowest BCUT2D eigenvalue weighted by Gasteiger charge is -2.39. The van der Waals surface area contributed by atoms with Crippen molar-refractivity contribution in [3.8, 4) is 6.07 Å². The normalized spacial score (nSPS) is 16.3. The number of rotatable bonds is 7. The van der Waals surface area contributed by atoms with Crippen molar-refractivity contribution in [1.29, 1.82) is 5.26 Å². The molecule has 11 nitrogen and oxygen atoms in total. The molecular formula is C20H21F3N6O5S. The third-order valence-electron chi connectivity index (χ3n) is 5.52. The zero-order valence-corrected chi connectivity index (χ0v) is 19.2. The highest BCUT2D eigenvalue weighted by Crippen LogP contribution is 2.35. The molecule has 2 heterocycles. The van der Waals surface area contributed by atoms with Crippen LogP contribution in [0.15, 0.2) is 35.4 Å². The number of halogens is 3. The number of hydrogen-bond acceptors (Lipinski definition) is 9. The summed E-state index contributed by atoms with van der Waals surface area (Å²) in [5, 5.41) is 17.5. The van der Waals surface area contributed by atoms with Gasteiger partial charge < -0.3 is 15.9 Å². The molecule has 35 heavy (non-hydrogen) atoms. The van der Waals surface area contributed by atoms with Gasteiger partial charge in [0, 0.05) is 31.2 Å². The van der Waals surface area contributed by atoms with Crippen LogP contribution < -0.4 is 11.1 Å². The lowest BCUT2D eigenvalue weighted by Crippen LogP contribution is -2.48. The maximum absolute atomic E-state index is 12.5. The first-order valence-electron chi connectivity index (χ1n) is 10.1. The number of nitrogens with two attached hydrogens (primary N) is 1. The second-order valence-corrected chi connectivity index (χ2v) is 10.0. The van der Waals surface area contributed by atoms with Crippen LogP contribution in [0, 0.1) is 11.3 Å². The van der Waals surface area contributed by atoms with E-state index in [0.717, 1.165) is 11.3 Å². The maximum atomic E-state index is 12.5. The molecule has 1 fully saturated rings. The van der Waals surface area contributed by atoms with Gasteiger partial charge in [-0.1, -0.05) is 0 Å². The summed E-state index contributed by atoms with van der Waals surface area (Å²) in [7, 11) is -3.41. The van der Waals surface area contributed by atoms with Crippen molar-refractivity contribution in [3.63, 3.8) is 0 Å². The van der Waals surface area contributed by atoms with Crippen LogP contribution in [0.1, 0.15) is 29.6 Å². The molecular weight excluding hydrogens is 493 g/mol. The Morgan fingerprint density at radius 1 is 1.26 bits per heavy atom. The van der Waals surface area contributed by atoms with Crippen molar-refractivity contribution in [2.45, 2.75) is 35.9 Å². The Balaban J connectivity index is 1.85. The zero-order chi connectivity index (χ0) is 26.0. The molecule has 0 radical (unpaired) electrons. The van der Waals surface area contributed by atoms with Crippen molar-refractivity contribution < 1.29 is 36.0 Å². The first-order valence-corrected chi connectivity index (χ1v) is 12.0. The molecule has 0 bridgehead atoms. The topological polar surface area (TPSA) is 160 Å². The fraction of sp³-hybridized carbons (Fsp3) is 0.400. The summed E-state index contributed by atoms with van der Waals surface area (Å²) in [6, 6.07) is 7.70. The fourth-order valence-electron chi connectivity index (χ4n) is 3.61. The fourth-order valence-corrected chi connectivity index (χ4v) is 4.24. The van der Waals surface area contributed by atoms with Crippen molar-refractivity contribution >= 4 is 33.2 Å². The molecule has 1 saturated heterocycles. The van der Waals surface area contributed by atoms with Crippen molar-refractivity contribution in [1.82, 2.24) is 14.8 Å². The van der Waals surface area contributed by atoms with Crippen LogP contribution in [0.5, 0.6) is 0 Å². The van der Waals surface area contributed by atoms with E-state index in [1.807, 2.05) is 6.07 Å². The van der Waals surface area contributed by atoms with Crippen LogP contribution in [0.25, 0.3) is 0 Å². The molecule has 3 N–H and O–H groups in total. The molecule has 0 aliphatic carbocycles. The summed E-state index contributed by atoms with van der Waals surface area (Å²) in [4.78, 5) is 27.6. The minimum atomic E-state index is -5.14. The van der Waals surface area contributed by atoms with Gasteiger partial charge in [-0.15, -0.1) is 5.06 Å². The highest BCUT2D eigenvalue weighted by molar-refractivity contribution is 7.90. The lowest BCUT2D eigenvalue weighted by atomic mass is 9.85. The summed E-state index contributed by atoms with van der Waals surface area (Å²) in [6.07, 6.45) is -2.64. The van der Waals surface area contributed by atoms with Crippen LogP contribution in [-0.4, -0.2) is 60.7 Å². The van der Waals surface area contributed by atoms with Gasteiger partial charge in [-0.05, 0) is 37.1 Å². The number of carbonyl (C=O) groups excluding carboxylic acids is 2. The number of amides is 1. The molecule has 0 spiro atoms. The molecule has 0 saturated carbocycles. The number of nitrogens with one attached hydrogen (secondary N) is 1. The van der Waals surface area contributed by atoms with Crippen LogP contribution >= 0.6 is 0 Å². The predicted octanol–water partition coefficient (Wildman–Crippen LogP) is 1.85. The van der Waals surface area contributed by atoms with Crippen LogP contribution in [0.2, 0.25) is 0 Å². The van der Waals surface area contributed by atoms with E-state index in [2.05, 4.69) is 15.3 Å². The Hall–Kier alpha value is -3.64. The third-order valence-corrected chi connectivity index (χ3v) is 6.64. The minimum absolute atomic E-state index is 0.0135. The summed E-state index contributed by atoms with van der Waals surface area (Å²) >= 11 is 0. The van der Waals surface area contributed by atoms with Gasteiger partial charge in [0.1, 0.15) is 5.56 Å². The van der Waals surface area contributed by atoms with E-state index < -0.39 is 33.4 Å². The first kappa shape index (κ1) is 26.0. The van der Waals surface area contributed by atoms with E-state index in [0.29, 0.717) is 5.69 Å². The SMILES string of the molecule is CS(=O)(=O)c1ccc(Nc2nn(C3(CC#N)CCN(OC(=O)C(F)(F)F)CC3)cc2C(N)=O)cc1. The molecule has 188 valence electrons. The number of primary amides is 1. The average molecular weight is 514 g/mol. The van der Waals surface area contributed by atoms with Gasteiger partial charge in [-0.2, -0.15) is 23.5 Å². The van der Waals surface area contributed by atoms with Gasteiger partial charge in [0.05, 0.1) is 22.9 Å². The van der Waals surface area contributed by atoms with E-state index in [-0.39, 0.29) is 48.6 Å². The largest absolute Gasteiger partial charge is 0.492 e. The number of hydroxylamine groups is 2. The number of aromatic nitrogens is 2. The molecule has 15 heteroatoms.